The number of aliphatic hydroxyl groups is 1. The largest absolute Gasteiger partial charge is 0.457 e. The second-order valence-corrected chi connectivity index (χ2v) is 4.60. The van der Waals surface area contributed by atoms with Crippen LogP contribution in [0.25, 0.3) is 11.0 Å². The lowest BCUT2D eigenvalue weighted by Gasteiger charge is -2.03. The molecule has 0 saturated carbocycles. The highest BCUT2D eigenvalue weighted by molar-refractivity contribution is 7.98. The maximum Gasteiger partial charge on any atom is 0.152 e. The van der Waals surface area contributed by atoms with Gasteiger partial charge in [0.2, 0.25) is 0 Å². The normalized spacial score (nSPS) is 13.3. The van der Waals surface area contributed by atoms with Gasteiger partial charge in [0.15, 0.2) is 5.58 Å². The fourth-order valence-corrected chi connectivity index (χ4v) is 2.15. The Kier molecular flexibility index (Phi) is 3.24. The van der Waals surface area contributed by atoms with Gasteiger partial charge in [-0.25, -0.2) is 0 Å². The highest BCUT2D eigenvalue weighted by Crippen LogP contribution is 2.30. The Hall–Kier alpha value is -0.640. The molecular weight excluding hydrogens is 232 g/mol. The van der Waals surface area contributed by atoms with Crippen molar-refractivity contribution in [1.29, 1.82) is 0 Å². The molecule has 0 bridgehead atoms. The Bertz CT molecular complexity index is 467. The van der Waals surface area contributed by atoms with Gasteiger partial charge < -0.3 is 9.52 Å². The summed E-state index contributed by atoms with van der Waals surface area (Å²) in [6.45, 7) is 0. The van der Waals surface area contributed by atoms with Crippen LogP contribution in [0, 0.1) is 0 Å². The monoisotopic (exact) mass is 242 g/mol. The van der Waals surface area contributed by atoms with Gasteiger partial charge in [-0.05, 0) is 18.4 Å². The molecule has 0 radical (unpaired) electrons. The Labute approximate surface area is 97.2 Å². The van der Waals surface area contributed by atoms with E-state index in [0.717, 1.165) is 5.39 Å². The van der Waals surface area contributed by atoms with Crippen molar-refractivity contribution in [2.45, 2.75) is 6.10 Å². The molecule has 0 spiro atoms. The summed E-state index contributed by atoms with van der Waals surface area (Å²) in [4.78, 5) is 0. The zero-order chi connectivity index (χ0) is 10.8. The minimum absolute atomic E-state index is 0.566. The van der Waals surface area contributed by atoms with E-state index in [1.54, 1.807) is 17.8 Å². The van der Waals surface area contributed by atoms with Gasteiger partial charge in [-0.3, -0.25) is 0 Å². The number of hydrogen-bond donors (Lipinski definition) is 1. The number of thioether (sulfide) groups is 1. The number of hydrogen-bond acceptors (Lipinski definition) is 3. The minimum atomic E-state index is -0.566. The van der Waals surface area contributed by atoms with Gasteiger partial charge in [0.05, 0.1) is 5.02 Å². The molecule has 0 aliphatic carbocycles. The molecule has 1 atom stereocenters. The molecule has 2 aromatic rings. The van der Waals surface area contributed by atoms with Crippen LogP contribution in [0.3, 0.4) is 0 Å². The average molecular weight is 243 g/mol. The van der Waals surface area contributed by atoms with Crippen molar-refractivity contribution in [3.8, 4) is 0 Å². The van der Waals surface area contributed by atoms with Gasteiger partial charge in [0.25, 0.3) is 0 Å². The molecule has 0 saturated heterocycles. The van der Waals surface area contributed by atoms with E-state index in [0.29, 0.717) is 22.1 Å². The zero-order valence-corrected chi connectivity index (χ0v) is 9.81. The van der Waals surface area contributed by atoms with Crippen LogP contribution in [0.1, 0.15) is 11.9 Å². The summed E-state index contributed by atoms with van der Waals surface area (Å²) in [5.74, 6) is 1.20. The lowest BCUT2D eigenvalue weighted by molar-refractivity contribution is 0.177. The van der Waals surface area contributed by atoms with Gasteiger partial charge >= 0.3 is 0 Å². The number of halogens is 1. The molecule has 0 fully saturated rings. The average Bonchev–Trinajstić information content (AvgIpc) is 2.63. The third-order valence-corrected chi connectivity index (χ3v) is 3.11. The maximum atomic E-state index is 9.75. The lowest BCUT2D eigenvalue weighted by Crippen LogP contribution is -1.97. The van der Waals surface area contributed by atoms with E-state index < -0.39 is 6.10 Å². The van der Waals surface area contributed by atoms with E-state index in [9.17, 15) is 5.11 Å². The topological polar surface area (TPSA) is 33.4 Å². The van der Waals surface area contributed by atoms with Crippen LogP contribution < -0.4 is 0 Å². The molecule has 2 rings (SSSR count). The SMILES string of the molecule is CSCC(O)c1cc2cccc(Cl)c2o1. The molecular formula is C11H11ClO2S. The quantitative estimate of drug-likeness (QED) is 0.895. The number of benzene rings is 1. The Balaban J connectivity index is 2.43. The van der Waals surface area contributed by atoms with E-state index in [-0.39, 0.29) is 0 Å². The maximum absolute atomic E-state index is 9.75. The first kappa shape index (κ1) is 10.9. The second-order valence-electron chi connectivity index (χ2n) is 3.28. The van der Waals surface area contributed by atoms with Crippen LogP contribution in [0.15, 0.2) is 28.7 Å². The van der Waals surface area contributed by atoms with Crippen molar-refractivity contribution in [3.63, 3.8) is 0 Å². The van der Waals surface area contributed by atoms with Crippen LogP contribution in [-0.2, 0) is 0 Å². The van der Waals surface area contributed by atoms with Crippen LogP contribution in [-0.4, -0.2) is 17.1 Å². The molecule has 2 nitrogen and oxygen atoms in total. The molecule has 0 aliphatic rings. The van der Waals surface area contributed by atoms with E-state index in [2.05, 4.69) is 0 Å². The summed E-state index contributed by atoms with van der Waals surface area (Å²) in [5.41, 5.74) is 0.648. The van der Waals surface area contributed by atoms with E-state index in [1.165, 1.54) is 0 Å². The molecule has 1 N–H and O–H groups in total. The summed E-state index contributed by atoms with van der Waals surface area (Å²) in [6.07, 6.45) is 1.38. The second kappa shape index (κ2) is 4.47. The van der Waals surface area contributed by atoms with Crippen LogP contribution in [0.4, 0.5) is 0 Å². The van der Waals surface area contributed by atoms with Gasteiger partial charge in [0.1, 0.15) is 11.9 Å². The summed E-state index contributed by atoms with van der Waals surface area (Å²) >= 11 is 7.55. The summed E-state index contributed by atoms with van der Waals surface area (Å²) in [5, 5.41) is 11.3. The standard InChI is InChI=1S/C11H11ClO2S/c1-15-6-9(13)10-5-7-3-2-4-8(12)11(7)14-10/h2-5,9,13H,6H2,1H3. The first-order valence-corrected chi connectivity index (χ1v) is 6.34. The first-order valence-electron chi connectivity index (χ1n) is 4.57. The highest BCUT2D eigenvalue weighted by atomic mass is 35.5. The molecule has 1 aromatic carbocycles. The van der Waals surface area contributed by atoms with E-state index in [1.807, 2.05) is 24.5 Å². The zero-order valence-electron chi connectivity index (χ0n) is 8.24. The Morgan fingerprint density at radius 3 is 3.00 bits per heavy atom. The summed E-state index contributed by atoms with van der Waals surface area (Å²) in [6, 6.07) is 7.39. The Morgan fingerprint density at radius 2 is 2.33 bits per heavy atom. The van der Waals surface area contributed by atoms with Crippen LogP contribution in [0.5, 0.6) is 0 Å². The van der Waals surface area contributed by atoms with Crippen LogP contribution >= 0.6 is 23.4 Å². The van der Waals surface area contributed by atoms with Gasteiger partial charge in [-0.1, -0.05) is 23.7 Å². The van der Waals surface area contributed by atoms with Crippen molar-refractivity contribution in [3.05, 3.63) is 35.0 Å². The molecule has 80 valence electrons. The number of furan rings is 1. The van der Waals surface area contributed by atoms with Gasteiger partial charge in [-0.15, -0.1) is 0 Å². The van der Waals surface area contributed by atoms with Crippen molar-refractivity contribution in [1.82, 2.24) is 0 Å². The predicted octanol–water partition coefficient (Wildman–Crippen LogP) is 3.48. The molecule has 4 heteroatoms. The third kappa shape index (κ3) is 2.14. The summed E-state index contributed by atoms with van der Waals surface area (Å²) in [7, 11) is 0. The smallest absolute Gasteiger partial charge is 0.152 e. The molecule has 1 aromatic heterocycles. The molecule has 0 amide bonds. The minimum Gasteiger partial charge on any atom is -0.457 e. The fourth-order valence-electron chi connectivity index (χ4n) is 1.45. The number of rotatable bonds is 3. The highest BCUT2D eigenvalue weighted by Gasteiger charge is 2.13. The number of para-hydroxylation sites is 1. The summed E-state index contributed by atoms with van der Waals surface area (Å²) < 4.78 is 5.52. The van der Waals surface area contributed by atoms with E-state index >= 15 is 0 Å². The molecule has 0 aliphatic heterocycles. The molecule has 1 heterocycles. The van der Waals surface area contributed by atoms with Crippen molar-refractivity contribution < 1.29 is 9.52 Å². The van der Waals surface area contributed by atoms with Crippen molar-refractivity contribution in [2.75, 3.05) is 12.0 Å². The fraction of sp³-hybridized carbons (Fsp3) is 0.273. The number of fused-ring (bicyclic) bond motifs is 1. The Morgan fingerprint density at radius 1 is 1.53 bits per heavy atom. The van der Waals surface area contributed by atoms with Gasteiger partial charge in [0, 0.05) is 11.1 Å². The predicted molar refractivity (Wildman–Crippen MR) is 64.6 cm³/mol. The van der Waals surface area contributed by atoms with Gasteiger partial charge in [-0.2, -0.15) is 11.8 Å². The van der Waals surface area contributed by atoms with Crippen molar-refractivity contribution >= 4 is 34.3 Å². The van der Waals surface area contributed by atoms with Crippen LogP contribution in [0.2, 0.25) is 5.02 Å². The number of aliphatic hydroxyl groups excluding tert-OH is 1. The molecule has 1 unspecified atom stereocenters. The van der Waals surface area contributed by atoms with E-state index in [4.69, 9.17) is 16.0 Å². The lowest BCUT2D eigenvalue weighted by atomic mass is 10.2. The van der Waals surface area contributed by atoms with Crippen molar-refractivity contribution in [2.24, 2.45) is 0 Å². The molecule has 15 heavy (non-hydrogen) atoms. The first-order chi connectivity index (χ1) is 7.22. The third-order valence-electron chi connectivity index (χ3n) is 2.17.